The summed E-state index contributed by atoms with van der Waals surface area (Å²) >= 11 is 0. The van der Waals surface area contributed by atoms with Gasteiger partial charge in [0.05, 0.1) is 17.9 Å². The maximum absolute atomic E-state index is 11.1. The van der Waals surface area contributed by atoms with Gasteiger partial charge >= 0.3 is 6.09 Å². The lowest BCUT2D eigenvalue weighted by atomic mass is 9.76. The Kier molecular flexibility index (Phi) is 7.17. The molecule has 8 nitrogen and oxygen atoms in total. The number of ether oxygens (including phenoxy) is 2. The van der Waals surface area contributed by atoms with Crippen LogP contribution in [0.1, 0.15) is 76.3 Å². The molecule has 2 fully saturated rings. The summed E-state index contributed by atoms with van der Waals surface area (Å²) in [5, 5.41) is 14.2. The number of rotatable bonds is 7. The van der Waals surface area contributed by atoms with E-state index in [0.717, 1.165) is 70.4 Å². The van der Waals surface area contributed by atoms with Gasteiger partial charge in [-0.25, -0.2) is 9.48 Å². The summed E-state index contributed by atoms with van der Waals surface area (Å²) in [5.74, 6) is 0. The normalized spacial score (nSPS) is 27.2. The Bertz CT molecular complexity index is 874. The van der Waals surface area contributed by atoms with Crippen LogP contribution in [0.4, 0.5) is 4.79 Å². The summed E-state index contributed by atoms with van der Waals surface area (Å²) in [7, 11) is 3.64. The largest absolute Gasteiger partial charge is 0.465 e. The van der Waals surface area contributed by atoms with E-state index in [2.05, 4.69) is 31.0 Å². The molecule has 3 aliphatic rings. The van der Waals surface area contributed by atoms with Gasteiger partial charge in [0.25, 0.3) is 0 Å². The third-order valence-electron chi connectivity index (χ3n) is 7.29. The molecule has 2 atom stereocenters. The fraction of sp³-hybridized carbons (Fsp3) is 0.760. The van der Waals surface area contributed by atoms with Crippen LogP contribution in [0.25, 0.3) is 5.57 Å². The second kappa shape index (κ2) is 9.76. The van der Waals surface area contributed by atoms with E-state index in [-0.39, 0.29) is 17.2 Å². The van der Waals surface area contributed by atoms with Crippen LogP contribution < -0.4 is 0 Å². The Balaban J connectivity index is 1.51. The molecule has 1 amide bonds. The van der Waals surface area contributed by atoms with Gasteiger partial charge in [-0.2, -0.15) is 5.10 Å². The van der Waals surface area contributed by atoms with Crippen LogP contribution in [0, 0.1) is 5.41 Å². The van der Waals surface area contributed by atoms with Crippen molar-refractivity contribution in [2.24, 2.45) is 5.41 Å². The monoisotopic (exact) mass is 460 g/mol. The smallest absolute Gasteiger partial charge is 0.407 e. The first-order valence-corrected chi connectivity index (χ1v) is 12.3. The summed E-state index contributed by atoms with van der Waals surface area (Å²) in [6, 6.07) is 0. The van der Waals surface area contributed by atoms with Crippen molar-refractivity contribution in [3.63, 3.8) is 0 Å². The van der Waals surface area contributed by atoms with Crippen molar-refractivity contribution in [3.8, 4) is 0 Å². The summed E-state index contributed by atoms with van der Waals surface area (Å²) in [6.45, 7) is 8.07. The van der Waals surface area contributed by atoms with E-state index < -0.39 is 6.09 Å². The van der Waals surface area contributed by atoms with Crippen LogP contribution in [-0.2, 0) is 16.0 Å². The topological polar surface area (TPSA) is 80.1 Å². The molecule has 0 bridgehead atoms. The summed E-state index contributed by atoms with van der Waals surface area (Å²) in [5.41, 5.74) is 3.78. The highest BCUT2D eigenvalue weighted by Gasteiger charge is 2.45. The van der Waals surface area contributed by atoms with Gasteiger partial charge in [-0.05, 0) is 63.0 Å². The molecule has 2 saturated heterocycles. The molecule has 1 aromatic rings. The third-order valence-corrected chi connectivity index (χ3v) is 7.29. The second-order valence-corrected chi connectivity index (χ2v) is 11.0. The average Bonchev–Trinajstić information content (AvgIpc) is 3.33. The maximum Gasteiger partial charge on any atom is 0.407 e. The summed E-state index contributed by atoms with van der Waals surface area (Å²) in [4.78, 5) is 14.6. The Morgan fingerprint density at radius 3 is 2.73 bits per heavy atom. The van der Waals surface area contributed by atoms with E-state index in [1.165, 1.54) is 16.0 Å². The zero-order valence-corrected chi connectivity index (χ0v) is 20.7. The second-order valence-electron chi connectivity index (χ2n) is 11.0. The minimum absolute atomic E-state index is 0.00389. The van der Waals surface area contributed by atoms with E-state index in [1.54, 1.807) is 7.05 Å². The molecule has 1 N–H and O–H groups in total. The fourth-order valence-electron chi connectivity index (χ4n) is 5.39. The van der Waals surface area contributed by atoms with E-state index in [0.29, 0.717) is 13.1 Å². The van der Waals surface area contributed by atoms with Crippen molar-refractivity contribution in [2.75, 3.05) is 40.4 Å². The first-order valence-electron chi connectivity index (χ1n) is 12.3. The summed E-state index contributed by atoms with van der Waals surface area (Å²) in [6.07, 6.45) is 10.9. The Hall–Kier alpha value is -1.90. The molecule has 33 heavy (non-hydrogen) atoms. The number of carbonyl (C=O) groups is 1. The molecule has 0 aromatic carbocycles. The van der Waals surface area contributed by atoms with E-state index in [9.17, 15) is 4.79 Å². The van der Waals surface area contributed by atoms with Gasteiger partial charge in [0.15, 0.2) is 0 Å². The van der Waals surface area contributed by atoms with Crippen molar-refractivity contribution in [1.29, 1.82) is 0 Å². The number of likely N-dealkylation sites (N-methyl/N-ethyl adjacent to an activating group) is 2. The van der Waals surface area contributed by atoms with Crippen molar-refractivity contribution in [2.45, 2.75) is 77.2 Å². The number of aromatic nitrogens is 2. The van der Waals surface area contributed by atoms with Gasteiger partial charge in [-0.3, -0.25) is 0 Å². The van der Waals surface area contributed by atoms with Gasteiger partial charge in [-0.1, -0.05) is 19.9 Å². The number of allylic oxidation sites excluding steroid dienone is 1. The number of hydrogen-bond donors (Lipinski definition) is 1. The van der Waals surface area contributed by atoms with Crippen LogP contribution >= 0.6 is 0 Å². The van der Waals surface area contributed by atoms with Crippen LogP contribution in [-0.4, -0.2) is 76.8 Å². The molecule has 0 saturated carbocycles. The average molecular weight is 461 g/mol. The SMILES string of the molecule is CN(CCN(C)C(=O)O)Cc1cn(C2CCCCO2)nc1C1=CCC2(CC1)CC(C)(C)CO2. The van der Waals surface area contributed by atoms with E-state index in [4.69, 9.17) is 19.7 Å². The number of carboxylic acid groups (broad SMARTS) is 1. The lowest BCUT2D eigenvalue weighted by molar-refractivity contribution is -0.0396. The highest BCUT2D eigenvalue weighted by Crippen LogP contribution is 2.47. The van der Waals surface area contributed by atoms with Gasteiger partial charge < -0.3 is 24.4 Å². The predicted octanol–water partition coefficient (Wildman–Crippen LogP) is 4.38. The van der Waals surface area contributed by atoms with E-state index >= 15 is 0 Å². The highest BCUT2D eigenvalue weighted by molar-refractivity contribution is 5.66. The van der Waals surface area contributed by atoms with Crippen molar-refractivity contribution in [1.82, 2.24) is 19.6 Å². The lowest BCUT2D eigenvalue weighted by Crippen LogP contribution is -2.33. The molecule has 1 aromatic heterocycles. The van der Waals surface area contributed by atoms with Crippen LogP contribution in [0.3, 0.4) is 0 Å². The van der Waals surface area contributed by atoms with Gasteiger partial charge in [0, 0.05) is 45.0 Å². The molecular formula is C25H40N4O4. The highest BCUT2D eigenvalue weighted by atomic mass is 16.5. The van der Waals surface area contributed by atoms with Crippen LogP contribution in [0.5, 0.6) is 0 Å². The molecule has 4 rings (SSSR count). The van der Waals surface area contributed by atoms with Gasteiger partial charge in [0.1, 0.15) is 6.23 Å². The molecule has 2 aliphatic heterocycles. The molecule has 184 valence electrons. The van der Waals surface area contributed by atoms with Crippen LogP contribution in [0.15, 0.2) is 12.3 Å². The lowest BCUT2D eigenvalue weighted by Gasteiger charge is -2.32. The van der Waals surface area contributed by atoms with Gasteiger partial charge in [0.2, 0.25) is 0 Å². The van der Waals surface area contributed by atoms with Crippen molar-refractivity contribution < 1.29 is 19.4 Å². The van der Waals surface area contributed by atoms with E-state index in [1.807, 2.05) is 11.7 Å². The van der Waals surface area contributed by atoms with Crippen molar-refractivity contribution >= 4 is 11.7 Å². The number of amides is 1. The molecule has 3 heterocycles. The standard InChI is InChI=1S/C25H40N4O4/c1-24(2)17-25(33-18-24)10-8-19(9-11-25)22-20(15-27(3)12-13-28(4)23(30)31)16-29(26-22)21-7-5-6-14-32-21/h8,16,21H,5-7,9-15,17-18H2,1-4H3,(H,30,31). The van der Waals surface area contributed by atoms with Gasteiger partial charge in [-0.15, -0.1) is 0 Å². The number of nitrogens with zero attached hydrogens (tertiary/aromatic N) is 4. The molecule has 8 heteroatoms. The maximum atomic E-state index is 11.1. The minimum Gasteiger partial charge on any atom is -0.465 e. The Morgan fingerprint density at radius 2 is 2.12 bits per heavy atom. The fourth-order valence-corrected chi connectivity index (χ4v) is 5.39. The van der Waals surface area contributed by atoms with Crippen LogP contribution in [0.2, 0.25) is 0 Å². The summed E-state index contributed by atoms with van der Waals surface area (Å²) < 4.78 is 14.3. The predicted molar refractivity (Wildman–Crippen MR) is 127 cm³/mol. The first-order chi connectivity index (χ1) is 15.7. The van der Waals surface area contributed by atoms with Crippen molar-refractivity contribution in [3.05, 3.63) is 23.5 Å². The third kappa shape index (κ3) is 5.78. The quantitative estimate of drug-likeness (QED) is 0.651. The zero-order chi connectivity index (χ0) is 23.6. The first kappa shape index (κ1) is 24.2. The molecule has 1 aliphatic carbocycles. The molecule has 2 unspecified atom stereocenters. The Morgan fingerprint density at radius 1 is 1.30 bits per heavy atom. The molecular weight excluding hydrogens is 420 g/mol. The molecule has 0 radical (unpaired) electrons. The minimum atomic E-state index is -0.898. The Labute approximate surface area is 197 Å². The zero-order valence-electron chi connectivity index (χ0n) is 20.7. The number of hydrogen-bond acceptors (Lipinski definition) is 5. The molecule has 1 spiro atoms.